The van der Waals surface area contributed by atoms with Crippen LogP contribution in [0.25, 0.3) is 0 Å². The normalized spacial score (nSPS) is 10.7. The molecule has 0 unspecified atom stereocenters. The molecule has 0 heterocycles. The van der Waals surface area contributed by atoms with Crippen molar-refractivity contribution in [3.05, 3.63) is 54.9 Å². The molecular formula is C15H20Cl2O4Si2. The first kappa shape index (κ1) is 21.7. The quantitative estimate of drug-likeness (QED) is 0.570. The fourth-order valence-corrected chi connectivity index (χ4v) is 3.63. The molecule has 0 N–H and O–H groups in total. The molecule has 0 aromatic heterocycles. The average molecular weight is 391 g/mol. The Morgan fingerprint density at radius 2 is 1.39 bits per heavy atom. The summed E-state index contributed by atoms with van der Waals surface area (Å²) in [5, 5.41) is 0.667. The minimum Gasteiger partial charge on any atom is -0.479 e. The van der Waals surface area contributed by atoms with E-state index in [2.05, 4.69) is 13.2 Å². The molecule has 0 spiro atoms. The van der Waals surface area contributed by atoms with Crippen LogP contribution in [-0.4, -0.2) is 27.2 Å². The molecule has 1 rings (SSSR count). The second kappa shape index (κ2) is 9.72. The average Bonchev–Trinajstić information content (AvgIpc) is 2.46. The molecule has 8 heteroatoms. The lowest BCUT2D eigenvalue weighted by atomic mass is 10.4. The second-order valence-corrected chi connectivity index (χ2v) is 14.9. The lowest BCUT2D eigenvalue weighted by Gasteiger charge is -2.25. The van der Waals surface area contributed by atoms with Crippen molar-refractivity contribution in [3.8, 4) is 0 Å². The van der Waals surface area contributed by atoms with Crippen LogP contribution in [0.2, 0.25) is 6.55 Å². The van der Waals surface area contributed by atoms with Crippen LogP contribution in [0.4, 0.5) is 0 Å². The van der Waals surface area contributed by atoms with Crippen molar-refractivity contribution in [2.75, 3.05) is 0 Å². The van der Waals surface area contributed by atoms with Crippen LogP contribution in [0.15, 0.2) is 54.9 Å². The Hall–Kier alpha value is -1.35. The van der Waals surface area contributed by atoms with Gasteiger partial charge in [-0.15, -0.1) is 28.7 Å². The molecule has 0 aliphatic carbocycles. The van der Waals surface area contributed by atoms with Crippen LogP contribution in [-0.2, 0) is 18.4 Å². The topological polar surface area (TPSA) is 52.6 Å². The maximum Gasteiger partial charge on any atom is 0.526 e. The molecule has 0 aliphatic rings. The predicted octanol–water partition coefficient (Wildman–Crippen LogP) is 3.45. The second-order valence-electron chi connectivity index (χ2n) is 4.59. The maximum absolute atomic E-state index is 11.1. The lowest BCUT2D eigenvalue weighted by Crippen LogP contribution is -2.54. The Bertz CT molecular complexity index is 540. The molecule has 0 aliphatic heterocycles. The summed E-state index contributed by atoms with van der Waals surface area (Å²) < 4.78 is 10.4. The Kier molecular flexibility index (Phi) is 9.15. The summed E-state index contributed by atoms with van der Waals surface area (Å²) in [5.41, 5.74) is 3.03. The van der Waals surface area contributed by atoms with Gasteiger partial charge in [0.05, 0.1) is 0 Å². The number of carbonyl (C=O) groups excluding carboxylic acids is 2. The van der Waals surface area contributed by atoms with Gasteiger partial charge in [-0.05, 0) is 12.2 Å². The number of rotatable bonds is 5. The zero-order chi connectivity index (χ0) is 18.1. The van der Waals surface area contributed by atoms with Gasteiger partial charge in [0.25, 0.3) is 18.6 Å². The monoisotopic (exact) mass is 390 g/mol. The van der Waals surface area contributed by atoms with Crippen molar-refractivity contribution in [1.82, 2.24) is 0 Å². The Labute approximate surface area is 148 Å². The third-order valence-electron chi connectivity index (χ3n) is 2.39. The highest BCUT2D eigenvalue weighted by molar-refractivity contribution is 7.47. The van der Waals surface area contributed by atoms with E-state index in [1.54, 1.807) is 36.5 Å². The van der Waals surface area contributed by atoms with E-state index in [1.165, 1.54) is 19.5 Å². The van der Waals surface area contributed by atoms with Crippen molar-refractivity contribution < 1.29 is 18.4 Å². The SMILES string of the molecule is C=C[Si](C)(Cl)Cl.C=C[Si](OC(C)=O)(OC(C)=O)c1ccccc1. The standard InChI is InChI=1S/C12H14O4Si.C3H6Cl2Si/c1-4-17(15-10(2)13,16-11(3)14)12-8-6-5-7-9-12;1-3-6(2,4)5/h4-9H,1H2,2-3H3;3H,1H2,2H3. The molecular weight excluding hydrogens is 371 g/mol. The lowest BCUT2D eigenvalue weighted by molar-refractivity contribution is -0.138. The molecule has 0 saturated carbocycles. The van der Waals surface area contributed by atoms with Crippen molar-refractivity contribution in [2.24, 2.45) is 0 Å². The van der Waals surface area contributed by atoms with Gasteiger partial charge in [0.1, 0.15) is 0 Å². The van der Waals surface area contributed by atoms with E-state index in [9.17, 15) is 9.59 Å². The number of halogens is 2. The van der Waals surface area contributed by atoms with Gasteiger partial charge in [-0.1, -0.05) is 42.6 Å². The maximum atomic E-state index is 11.1. The third-order valence-corrected chi connectivity index (χ3v) is 6.89. The van der Waals surface area contributed by atoms with Crippen LogP contribution in [0, 0.1) is 0 Å². The van der Waals surface area contributed by atoms with Gasteiger partial charge in [0.2, 0.25) is 0 Å². The number of hydrogen-bond donors (Lipinski definition) is 0. The fourth-order valence-electron chi connectivity index (χ4n) is 1.44. The van der Waals surface area contributed by atoms with Crippen molar-refractivity contribution in [2.45, 2.75) is 20.4 Å². The highest BCUT2D eigenvalue weighted by atomic mass is 35.7. The summed E-state index contributed by atoms with van der Waals surface area (Å²) in [6.45, 7) is 9.48. The van der Waals surface area contributed by atoms with E-state index < -0.39 is 27.2 Å². The molecule has 0 bridgehead atoms. The van der Waals surface area contributed by atoms with Gasteiger partial charge in [-0.2, -0.15) is 0 Å². The van der Waals surface area contributed by atoms with Crippen LogP contribution >= 0.6 is 22.2 Å². The third kappa shape index (κ3) is 8.75. The van der Waals surface area contributed by atoms with Gasteiger partial charge in [0, 0.05) is 19.0 Å². The predicted molar refractivity (Wildman–Crippen MR) is 99.1 cm³/mol. The van der Waals surface area contributed by atoms with Crippen LogP contribution in [0.5, 0.6) is 0 Å². The van der Waals surface area contributed by atoms with Crippen LogP contribution < -0.4 is 5.19 Å². The fraction of sp³-hybridized carbons (Fsp3) is 0.200. The van der Waals surface area contributed by atoms with Gasteiger partial charge in [-0.25, -0.2) is 0 Å². The molecule has 1 aromatic rings. The Balaban J connectivity index is 0.000000688. The number of hydrogen-bond acceptors (Lipinski definition) is 4. The van der Waals surface area contributed by atoms with E-state index in [0.717, 1.165) is 0 Å². The summed E-state index contributed by atoms with van der Waals surface area (Å²) >= 11 is 11.0. The molecule has 23 heavy (non-hydrogen) atoms. The summed E-state index contributed by atoms with van der Waals surface area (Å²) in [6.07, 6.45) is 0. The van der Waals surface area contributed by atoms with E-state index >= 15 is 0 Å². The highest BCUT2D eigenvalue weighted by Crippen LogP contribution is 2.13. The summed E-state index contributed by atoms with van der Waals surface area (Å²) in [4.78, 5) is 22.3. The van der Waals surface area contributed by atoms with Crippen molar-refractivity contribution in [3.63, 3.8) is 0 Å². The van der Waals surface area contributed by atoms with Gasteiger partial charge in [-0.3, -0.25) is 9.59 Å². The minimum absolute atomic E-state index is 0.498. The Morgan fingerprint density at radius 1 is 1.00 bits per heavy atom. The van der Waals surface area contributed by atoms with E-state index in [0.29, 0.717) is 5.19 Å². The van der Waals surface area contributed by atoms with Crippen molar-refractivity contribution in [1.29, 1.82) is 0 Å². The largest absolute Gasteiger partial charge is 0.526 e. The zero-order valence-electron chi connectivity index (χ0n) is 13.3. The van der Waals surface area contributed by atoms with E-state index in [4.69, 9.17) is 31.0 Å². The molecule has 0 atom stereocenters. The molecule has 4 nitrogen and oxygen atoms in total. The minimum atomic E-state index is -3.21. The molecule has 0 saturated heterocycles. The smallest absolute Gasteiger partial charge is 0.479 e. The molecule has 0 amide bonds. The van der Waals surface area contributed by atoms with Gasteiger partial charge < -0.3 is 8.85 Å². The summed E-state index contributed by atoms with van der Waals surface area (Å²) in [7, 11) is -3.21. The molecule has 126 valence electrons. The van der Waals surface area contributed by atoms with Crippen LogP contribution in [0.3, 0.4) is 0 Å². The zero-order valence-corrected chi connectivity index (χ0v) is 16.9. The summed E-state index contributed by atoms with van der Waals surface area (Å²) in [6, 6.07) is 8.90. The Morgan fingerprint density at radius 3 is 1.65 bits per heavy atom. The summed E-state index contributed by atoms with van der Waals surface area (Å²) in [5.74, 6) is -0.997. The van der Waals surface area contributed by atoms with E-state index in [-0.39, 0.29) is 0 Å². The van der Waals surface area contributed by atoms with E-state index in [1.807, 2.05) is 6.07 Å². The molecule has 0 radical (unpaired) electrons. The van der Waals surface area contributed by atoms with Gasteiger partial charge in [0.15, 0.2) is 0 Å². The molecule has 1 aromatic carbocycles. The van der Waals surface area contributed by atoms with Gasteiger partial charge >= 0.3 is 8.56 Å². The first-order valence-corrected chi connectivity index (χ1v) is 13.2. The highest BCUT2D eigenvalue weighted by Gasteiger charge is 2.43. The number of carbonyl (C=O) groups is 2. The van der Waals surface area contributed by atoms with Crippen LogP contribution in [0.1, 0.15) is 13.8 Å². The molecule has 0 fully saturated rings. The number of benzene rings is 1. The van der Waals surface area contributed by atoms with Crippen molar-refractivity contribution >= 4 is 54.5 Å². The first-order chi connectivity index (χ1) is 10.6. The first-order valence-electron chi connectivity index (χ1n) is 6.66.